The van der Waals surface area contributed by atoms with Crippen LogP contribution in [0.25, 0.3) is 0 Å². The van der Waals surface area contributed by atoms with Crippen LogP contribution in [0.4, 0.5) is 10.1 Å². The van der Waals surface area contributed by atoms with Gasteiger partial charge >= 0.3 is 0 Å². The van der Waals surface area contributed by atoms with Gasteiger partial charge in [0.1, 0.15) is 10.7 Å². The van der Waals surface area contributed by atoms with Crippen molar-refractivity contribution in [2.24, 2.45) is 0 Å². The molecule has 1 aliphatic rings. The fourth-order valence-electron chi connectivity index (χ4n) is 2.10. The maximum absolute atomic E-state index is 13.8. The molecule has 0 radical (unpaired) electrons. The minimum Gasteiger partial charge on any atom is -0.398 e. The van der Waals surface area contributed by atoms with Crippen molar-refractivity contribution in [2.45, 2.75) is 24.3 Å². The van der Waals surface area contributed by atoms with Crippen molar-refractivity contribution < 1.29 is 17.5 Å². The molecule has 0 bridgehead atoms. The fourth-order valence-corrected chi connectivity index (χ4v) is 3.82. The van der Waals surface area contributed by atoms with E-state index in [1.165, 1.54) is 16.4 Å². The maximum Gasteiger partial charge on any atom is 0.248 e. The summed E-state index contributed by atoms with van der Waals surface area (Å²) in [4.78, 5) is -0.441. The molecular formula is C12H17FN2O3S. The third kappa shape index (κ3) is 2.88. The maximum atomic E-state index is 13.8. The van der Waals surface area contributed by atoms with Gasteiger partial charge in [0.05, 0.1) is 11.8 Å². The number of rotatable bonds is 2. The average molecular weight is 288 g/mol. The first-order valence-electron chi connectivity index (χ1n) is 6.08. The van der Waals surface area contributed by atoms with E-state index in [0.29, 0.717) is 19.6 Å². The molecule has 1 aliphatic heterocycles. The monoisotopic (exact) mass is 288 g/mol. The van der Waals surface area contributed by atoms with Gasteiger partial charge in [-0.25, -0.2) is 12.8 Å². The molecule has 0 saturated carbocycles. The Labute approximate surface area is 112 Å². The summed E-state index contributed by atoms with van der Waals surface area (Å²) in [5, 5.41) is 0. The molecule has 106 valence electrons. The summed E-state index contributed by atoms with van der Waals surface area (Å²) >= 11 is 0. The number of ether oxygens (including phenoxy) is 1. The first kappa shape index (κ1) is 14.2. The quantitative estimate of drug-likeness (QED) is 0.830. The number of nitrogen functional groups attached to an aromatic ring is 1. The highest BCUT2D eigenvalue weighted by molar-refractivity contribution is 7.89. The molecule has 1 aromatic rings. The normalized spacial score (nSPS) is 22.1. The molecule has 1 unspecified atom stereocenters. The third-order valence-electron chi connectivity index (χ3n) is 3.01. The highest BCUT2D eigenvalue weighted by atomic mass is 32.2. The van der Waals surface area contributed by atoms with Crippen molar-refractivity contribution in [3.63, 3.8) is 0 Å². The Hall–Kier alpha value is -1.18. The van der Waals surface area contributed by atoms with Gasteiger partial charge in [0.2, 0.25) is 10.0 Å². The molecule has 1 saturated heterocycles. The van der Waals surface area contributed by atoms with Crippen molar-refractivity contribution in [1.82, 2.24) is 4.31 Å². The first-order chi connectivity index (χ1) is 8.93. The van der Waals surface area contributed by atoms with Gasteiger partial charge in [0.25, 0.3) is 0 Å². The zero-order valence-corrected chi connectivity index (χ0v) is 11.5. The Morgan fingerprint density at radius 1 is 1.47 bits per heavy atom. The summed E-state index contributed by atoms with van der Waals surface area (Å²) in [7, 11) is -3.93. The largest absolute Gasteiger partial charge is 0.398 e. The molecule has 1 fully saturated rings. The van der Waals surface area contributed by atoms with Crippen molar-refractivity contribution in [3.8, 4) is 0 Å². The van der Waals surface area contributed by atoms with Crippen LogP contribution in [0.2, 0.25) is 0 Å². The number of benzene rings is 1. The highest BCUT2D eigenvalue weighted by Crippen LogP contribution is 2.26. The molecule has 1 aromatic carbocycles. The van der Waals surface area contributed by atoms with Crippen LogP contribution in [-0.4, -0.2) is 38.5 Å². The molecule has 19 heavy (non-hydrogen) atoms. The van der Waals surface area contributed by atoms with Crippen molar-refractivity contribution >= 4 is 15.7 Å². The zero-order valence-electron chi connectivity index (χ0n) is 10.7. The summed E-state index contributed by atoms with van der Waals surface area (Å²) in [6.07, 6.45) is 0.364. The summed E-state index contributed by atoms with van der Waals surface area (Å²) in [5.41, 5.74) is 5.54. The standard InChI is InChI=1S/C12H17FN2O3S/c1-9-8-15(6-3-7-18-9)19(16,17)12-10(13)4-2-5-11(12)14/h2,4-5,9H,3,6-8,14H2,1H3. The first-order valence-corrected chi connectivity index (χ1v) is 7.52. The van der Waals surface area contributed by atoms with Crippen molar-refractivity contribution in [2.75, 3.05) is 25.4 Å². The van der Waals surface area contributed by atoms with Gasteiger partial charge in [-0.1, -0.05) is 6.07 Å². The van der Waals surface area contributed by atoms with E-state index in [4.69, 9.17) is 10.5 Å². The topological polar surface area (TPSA) is 72.6 Å². The highest BCUT2D eigenvalue weighted by Gasteiger charge is 2.31. The van der Waals surface area contributed by atoms with E-state index in [9.17, 15) is 12.8 Å². The van der Waals surface area contributed by atoms with E-state index in [-0.39, 0.29) is 18.3 Å². The molecule has 1 heterocycles. The lowest BCUT2D eigenvalue weighted by Crippen LogP contribution is -2.36. The lowest BCUT2D eigenvalue weighted by Gasteiger charge is -2.22. The molecule has 0 amide bonds. The minimum atomic E-state index is -3.93. The van der Waals surface area contributed by atoms with E-state index in [0.717, 1.165) is 6.07 Å². The van der Waals surface area contributed by atoms with Crippen LogP contribution >= 0.6 is 0 Å². The molecule has 0 aromatic heterocycles. The van der Waals surface area contributed by atoms with Crippen LogP contribution in [0.5, 0.6) is 0 Å². The summed E-state index contributed by atoms with van der Waals surface area (Å²) in [5.74, 6) is -0.821. The number of halogens is 1. The summed E-state index contributed by atoms with van der Waals surface area (Å²) in [6, 6.07) is 3.87. The third-order valence-corrected chi connectivity index (χ3v) is 4.97. The number of sulfonamides is 1. The van der Waals surface area contributed by atoms with Crippen LogP contribution in [0.1, 0.15) is 13.3 Å². The lowest BCUT2D eigenvalue weighted by molar-refractivity contribution is 0.0752. The van der Waals surface area contributed by atoms with Crippen LogP contribution < -0.4 is 5.73 Å². The Kier molecular flexibility index (Phi) is 4.07. The second kappa shape index (κ2) is 5.44. The molecule has 7 heteroatoms. The lowest BCUT2D eigenvalue weighted by atomic mass is 10.3. The molecule has 0 aliphatic carbocycles. The molecule has 5 nitrogen and oxygen atoms in total. The van der Waals surface area contributed by atoms with Gasteiger partial charge in [-0.2, -0.15) is 4.31 Å². The van der Waals surface area contributed by atoms with Gasteiger partial charge < -0.3 is 10.5 Å². The Balaban J connectivity index is 2.41. The Morgan fingerprint density at radius 3 is 2.89 bits per heavy atom. The van der Waals surface area contributed by atoms with Crippen molar-refractivity contribution in [3.05, 3.63) is 24.0 Å². The van der Waals surface area contributed by atoms with E-state index in [1.54, 1.807) is 6.92 Å². The Bertz CT molecular complexity index is 542. The van der Waals surface area contributed by atoms with Crippen LogP contribution in [-0.2, 0) is 14.8 Å². The average Bonchev–Trinajstić information content (AvgIpc) is 2.53. The molecule has 2 rings (SSSR count). The van der Waals surface area contributed by atoms with Gasteiger partial charge in [0, 0.05) is 19.7 Å². The zero-order chi connectivity index (χ0) is 14.0. The fraction of sp³-hybridized carbons (Fsp3) is 0.500. The van der Waals surface area contributed by atoms with Crippen LogP contribution in [0, 0.1) is 5.82 Å². The van der Waals surface area contributed by atoms with E-state index in [2.05, 4.69) is 0 Å². The second-order valence-corrected chi connectivity index (χ2v) is 6.43. The minimum absolute atomic E-state index is 0.0715. The summed E-state index contributed by atoms with van der Waals surface area (Å²) < 4.78 is 45.4. The van der Waals surface area contributed by atoms with Crippen molar-refractivity contribution in [1.29, 1.82) is 0 Å². The number of anilines is 1. The molecule has 0 spiro atoms. The smallest absolute Gasteiger partial charge is 0.248 e. The van der Waals surface area contributed by atoms with E-state index in [1.807, 2.05) is 0 Å². The number of hydrogen-bond donors (Lipinski definition) is 1. The number of nitrogens with zero attached hydrogens (tertiary/aromatic N) is 1. The van der Waals surface area contributed by atoms with Gasteiger partial charge in [-0.05, 0) is 25.5 Å². The SMILES string of the molecule is CC1CN(S(=O)(=O)c2c(N)cccc2F)CCCO1. The van der Waals surface area contributed by atoms with E-state index < -0.39 is 20.7 Å². The summed E-state index contributed by atoms with van der Waals surface area (Å²) in [6.45, 7) is 2.80. The number of nitrogens with two attached hydrogens (primary N) is 1. The van der Waals surface area contributed by atoms with Gasteiger partial charge in [-0.3, -0.25) is 0 Å². The van der Waals surface area contributed by atoms with Gasteiger partial charge in [0.15, 0.2) is 0 Å². The van der Waals surface area contributed by atoms with E-state index >= 15 is 0 Å². The van der Waals surface area contributed by atoms with Crippen LogP contribution in [0.3, 0.4) is 0 Å². The number of hydrogen-bond acceptors (Lipinski definition) is 4. The molecule has 2 N–H and O–H groups in total. The van der Waals surface area contributed by atoms with Crippen LogP contribution in [0.15, 0.2) is 23.1 Å². The molecule has 1 atom stereocenters. The molecular weight excluding hydrogens is 271 g/mol. The predicted molar refractivity (Wildman–Crippen MR) is 69.6 cm³/mol. The Morgan fingerprint density at radius 2 is 2.21 bits per heavy atom. The predicted octanol–water partition coefficient (Wildman–Crippen LogP) is 1.21. The second-order valence-electron chi connectivity index (χ2n) is 4.56. The van der Waals surface area contributed by atoms with Gasteiger partial charge in [-0.15, -0.1) is 0 Å².